The predicted octanol–water partition coefficient (Wildman–Crippen LogP) is -0.593. The van der Waals surface area contributed by atoms with Gasteiger partial charge in [0, 0.05) is 12.0 Å². The number of nitro groups is 1. The summed E-state index contributed by atoms with van der Waals surface area (Å²) in [5.41, 5.74) is 0. The summed E-state index contributed by atoms with van der Waals surface area (Å²) in [5, 5.41) is 10.3. The maximum absolute atomic E-state index is 10.9. The van der Waals surface area contributed by atoms with E-state index in [1.54, 1.807) is 0 Å². The van der Waals surface area contributed by atoms with E-state index in [2.05, 4.69) is 4.74 Å². The Bertz CT molecular complexity index is 248. The maximum Gasteiger partial charge on any atom is 0.319 e. The molecule has 2 rings (SSSR count). The number of cyclic esters (lactones) is 1. The average Bonchev–Trinajstić information content (AvgIpc) is 2.67. The van der Waals surface area contributed by atoms with Gasteiger partial charge in [-0.25, -0.2) is 0 Å². The van der Waals surface area contributed by atoms with E-state index in [4.69, 9.17) is 4.74 Å². The first-order chi connectivity index (χ1) is 5.66. The van der Waals surface area contributed by atoms with Crippen LogP contribution in [0.15, 0.2) is 0 Å². The molecule has 6 nitrogen and oxygen atoms in total. The minimum atomic E-state index is -0.781. The lowest BCUT2D eigenvalue weighted by atomic mass is 10.3. The average molecular weight is 173 g/mol. The number of carbonyl (C=O) groups is 1. The standard InChI is InChI=1S/C6H7NO5/c1-11-6-3-2(5(8)12-6)4(3)7(9)10/h2-4,6H,1H3/t2-,3+,4+,6-/m1/s1. The third-order valence-electron chi connectivity index (χ3n) is 2.33. The summed E-state index contributed by atoms with van der Waals surface area (Å²) >= 11 is 0. The summed E-state index contributed by atoms with van der Waals surface area (Å²) in [6.45, 7) is 0. The number of hydrogen-bond donors (Lipinski definition) is 0. The van der Waals surface area contributed by atoms with Crippen LogP contribution in [0.5, 0.6) is 0 Å². The fraction of sp³-hybridized carbons (Fsp3) is 0.833. The molecule has 6 heteroatoms. The van der Waals surface area contributed by atoms with E-state index in [0.29, 0.717) is 0 Å². The molecule has 0 amide bonds. The van der Waals surface area contributed by atoms with Crippen molar-refractivity contribution < 1.29 is 19.2 Å². The zero-order chi connectivity index (χ0) is 8.88. The van der Waals surface area contributed by atoms with Crippen LogP contribution in [0.4, 0.5) is 0 Å². The molecule has 0 aromatic carbocycles. The van der Waals surface area contributed by atoms with Crippen LogP contribution in [-0.2, 0) is 14.3 Å². The molecule has 0 spiro atoms. The van der Waals surface area contributed by atoms with Crippen molar-refractivity contribution in [3.8, 4) is 0 Å². The Labute approximate surface area is 67.6 Å². The van der Waals surface area contributed by atoms with Crippen LogP contribution in [0.1, 0.15) is 0 Å². The van der Waals surface area contributed by atoms with Gasteiger partial charge in [0.2, 0.25) is 12.3 Å². The quantitative estimate of drug-likeness (QED) is 0.316. The Morgan fingerprint density at radius 1 is 1.67 bits per heavy atom. The number of carbonyl (C=O) groups excluding carboxylic acids is 1. The molecule has 0 aromatic rings. The van der Waals surface area contributed by atoms with Gasteiger partial charge < -0.3 is 9.47 Å². The van der Waals surface area contributed by atoms with Crippen molar-refractivity contribution in [1.82, 2.24) is 0 Å². The number of nitrogens with zero attached hydrogens (tertiary/aromatic N) is 1. The smallest absolute Gasteiger partial charge is 0.319 e. The topological polar surface area (TPSA) is 78.7 Å². The molecule has 0 radical (unpaired) electrons. The molecule has 0 N–H and O–H groups in total. The number of fused-ring (bicyclic) bond motifs is 1. The fourth-order valence-electron chi connectivity index (χ4n) is 1.69. The Morgan fingerprint density at radius 3 is 2.75 bits per heavy atom. The second-order valence-electron chi connectivity index (χ2n) is 2.92. The molecule has 2 fully saturated rings. The minimum absolute atomic E-state index is 0.363. The Kier molecular flexibility index (Phi) is 1.35. The number of esters is 1. The van der Waals surface area contributed by atoms with Crippen molar-refractivity contribution in [2.24, 2.45) is 11.8 Å². The zero-order valence-corrected chi connectivity index (χ0v) is 6.30. The number of hydrogen-bond acceptors (Lipinski definition) is 5. The summed E-state index contributed by atoms with van der Waals surface area (Å²) in [6, 6.07) is -0.781. The van der Waals surface area contributed by atoms with Crippen LogP contribution >= 0.6 is 0 Å². The van der Waals surface area contributed by atoms with Crippen LogP contribution in [0.2, 0.25) is 0 Å². The number of ether oxygens (including phenoxy) is 2. The molecule has 0 bridgehead atoms. The van der Waals surface area contributed by atoms with Gasteiger partial charge in [0.05, 0.1) is 0 Å². The van der Waals surface area contributed by atoms with Gasteiger partial charge in [-0.2, -0.15) is 0 Å². The molecule has 66 valence electrons. The monoisotopic (exact) mass is 173 g/mol. The molecular formula is C6H7NO5. The third-order valence-corrected chi connectivity index (χ3v) is 2.33. The highest BCUT2D eigenvalue weighted by Gasteiger charge is 2.74. The van der Waals surface area contributed by atoms with Gasteiger partial charge in [0.25, 0.3) is 0 Å². The van der Waals surface area contributed by atoms with Crippen LogP contribution in [0, 0.1) is 22.0 Å². The molecule has 1 aliphatic carbocycles. The van der Waals surface area contributed by atoms with Crippen molar-refractivity contribution in [3.63, 3.8) is 0 Å². The molecule has 2 aliphatic rings. The highest BCUT2D eigenvalue weighted by molar-refractivity contribution is 5.80. The number of rotatable bonds is 2. The largest absolute Gasteiger partial charge is 0.435 e. The van der Waals surface area contributed by atoms with Crippen LogP contribution in [-0.4, -0.2) is 30.3 Å². The van der Waals surface area contributed by atoms with Gasteiger partial charge in [-0.3, -0.25) is 14.9 Å². The van der Waals surface area contributed by atoms with Crippen LogP contribution in [0.25, 0.3) is 0 Å². The van der Waals surface area contributed by atoms with Gasteiger partial charge in [0.15, 0.2) is 0 Å². The lowest BCUT2D eigenvalue weighted by Crippen LogP contribution is -2.23. The normalized spacial score (nSPS) is 43.6. The predicted molar refractivity (Wildman–Crippen MR) is 34.7 cm³/mol. The summed E-state index contributed by atoms with van der Waals surface area (Å²) in [5.74, 6) is -1.43. The summed E-state index contributed by atoms with van der Waals surface area (Å²) in [7, 11) is 1.37. The fourth-order valence-corrected chi connectivity index (χ4v) is 1.69. The van der Waals surface area contributed by atoms with E-state index in [9.17, 15) is 14.9 Å². The van der Waals surface area contributed by atoms with Crippen molar-refractivity contribution in [3.05, 3.63) is 10.1 Å². The molecule has 1 heterocycles. The van der Waals surface area contributed by atoms with Crippen molar-refractivity contribution >= 4 is 5.97 Å². The Hall–Kier alpha value is -1.17. The number of methoxy groups -OCH3 is 1. The maximum atomic E-state index is 10.9. The first kappa shape index (κ1) is 7.48. The lowest BCUT2D eigenvalue weighted by Gasteiger charge is -2.09. The summed E-state index contributed by atoms with van der Waals surface area (Å²) in [4.78, 5) is 20.8. The van der Waals surface area contributed by atoms with Gasteiger partial charge in [-0.15, -0.1) is 0 Å². The van der Waals surface area contributed by atoms with Gasteiger partial charge >= 0.3 is 5.97 Å². The van der Waals surface area contributed by atoms with E-state index in [-0.39, 0.29) is 5.92 Å². The first-order valence-electron chi connectivity index (χ1n) is 3.53. The molecular weight excluding hydrogens is 166 g/mol. The van der Waals surface area contributed by atoms with Crippen molar-refractivity contribution in [1.29, 1.82) is 0 Å². The lowest BCUT2D eigenvalue weighted by molar-refractivity contribution is -0.504. The van der Waals surface area contributed by atoms with E-state index in [1.807, 2.05) is 0 Å². The molecule has 1 saturated heterocycles. The van der Waals surface area contributed by atoms with Gasteiger partial charge in [-0.05, 0) is 0 Å². The van der Waals surface area contributed by atoms with Crippen molar-refractivity contribution in [2.75, 3.05) is 7.11 Å². The minimum Gasteiger partial charge on any atom is -0.435 e. The highest BCUT2D eigenvalue weighted by atomic mass is 16.7. The van der Waals surface area contributed by atoms with E-state index in [0.717, 1.165) is 0 Å². The van der Waals surface area contributed by atoms with Gasteiger partial charge in [0.1, 0.15) is 11.8 Å². The molecule has 0 unspecified atom stereocenters. The summed E-state index contributed by atoms with van der Waals surface area (Å²) < 4.78 is 9.46. The van der Waals surface area contributed by atoms with Crippen LogP contribution in [0.3, 0.4) is 0 Å². The second-order valence-corrected chi connectivity index (χ2v) is 2.92. The Morgan fingerprint density at radius 2 is 2.33 bits per heavy atom. The first-order valence-corrected chi connectivity index (χ1v) is 3.53. The third kappa shape index (κ3) is 0.752. The SMILES string of the molecule is CO[C@@H]1OC(=O)[C@@H]2[C@H]1[C@H]2[N+](=O)[O-]. The Balaban J connectivity index is 2.12. The molecule has 0 aromatic heterocycles. The zero-order valence-electron chi connectivity index (χ0n) is 6.30. The van der Waals surface area contributed by atoms with E-state index in [1.165, 1.54) is 7.11 Å². The second kappa shape index (κ2) is 2.16. The molecule has 1 saturated carbocycles. The summed E-state index contributed by atoms with van der Waals surface area (Å²) in [6.07, 6.45) is -0.710. The highest BCUT2D eigenvalue weighted by Crippen LogP contribution is 2.50. The molecule has 1 aliphatic heterocycles. The molecule has 12 heavy (non-hydrogen) atoms. The van der Waals surface area contributed by atoms with Gasteiger partial charge in [-0.1, -0.05) is 0 Å². The van der Waals surface area contributed by atoms with E-state index < -0.39 is 29.1 Å². The van der Waals surface area contributed by atoms with E-state index >= 15 is 0 Å². The van der Waals surface area contributed by atoms with Crippen LogP contribution < -0.4 is 0 Å². The molecule has 4 atom stereocenters. The van der Waals surface area contributed by atoms with Crippen molar-refractivity contribution in [2.45, 2.75) is 12.3 Å².